The van der Waals surface area contributed by atoms with Crippen LogP contribution in [0, 0.1) is 5.41 Å². The highest BCUT2D eigenvalue weighted by molar-refractivity contribution is 4.95. The monoisotopic (exact) mass is 142 g/mol. The Morgan fingerprint density at radius 2 is 2.10 bits per heavy atom. The summed E-state index contributed by atoms with van der Waals surface area (Å²) in [5.74, 6) is 0. The summed E-state index contributed by atoms with van der Waals surface area (Å²) in [5, 5.41) is 9.34. The first-order valence-electron chi connectivity index (χ1n) is 4.07. The van der Waals surface area contributed by atoms with Gasteiger partial charge in [-0.3, -0.25) is 0 Å². The third-order valence-electron chi connectivity index (χ3n) is 2.71. The van der Waals surface area contributed by atoms with Crippen molar-refractivity contribution in [2.24, 2.45) is 5.41 Å². The summed E-state index contributed by atoms with van der Waals surface area (Å²) in [6.45, 7) is 1.42. The van der Waals surface area contributed by atoms with E-state index in [4.69, 9.17) is 4.74 Å². The molecule has 0 aromatic rings. The maximum atomic E-state index is 9.34. The molecular weight excluding hydrogens is 128 g/mol. The largest absolute Gasteiger partial charge is 0.391 e. The minimum absolute atomic E-state index is 0.190. The van der Waals surface area contributed by atoms with Crippen molar-refractivity contribution in [3.63, 3.8) is 0 Å². The maximum absolute atomic E-state index is 9.34. The van der Waals surface area contributed by atoms with Gasteiger partial charge >= 0.3 is 0 Å². The fourth-order valence-electron chi connectivity index (χ4n) is 1.80. The molecule has 1 saturated carbocycles. The molecule has 1 N–H and O–H groups in total. The van der Waals surface area contributed by atoms with Crippen molar-refractivity contribution in [1.82, 2.24) is 0 Å². The molecule has 1 heterocycles. The standard InChI is InChI=1S/C8H14O2/c9-7-5-8(1-2-8)3-4-10-6-7/h7,9H,1-6H2. The van der Waals surface area contributed by atoms with Crippen molar-refractivity contribution in [2.75, 3.05) is 13.2 Å². The van der Waals surface area contributed by atoms with E-state index in [-0.39, 0.29) is 6.10 Å². The van der Waals surface area contributed by atoms with Crippen LogP contribution in [-0.2, 0) is 4.74 Å². The van der Waals surface area contributed by atoms with Gasteiger partial charge in [0.1, 0.15) is 0 Å². The number of hydrogen-bond donors (Lipinski definition) is 1. The van der Waals surface area contributed by atoms with E-state index in [9.17, 15) is 5.11 Å². The summed E-state index contributed by atoms with van der Waals surface area (Å²) in [6.07, 6.45) is 4.59. The normalized spacial score (nSPS) is 37.5. The van der Waals surface area contributed by atoms with Crippen LogP contribution < -0.4 is 0 Å². The SMILES string of the molecule is OC1COCCC2(CC2)C1. The molecule has 2 heteroatoms. The molecule has 1 aliphatic carbocycles. The summed E-state index contributed by atoms with van der Waals surface area (Å²) < 4.78 is 5.23. The van der Waals surface area contributed by atoms with Crippen molar-refractivity contribution in [1.29, 1.82) is 0 Å². The van der Waals surface area contributed by atoms with Crippen molar-refractivity contribution < 1.29 is 9.84 Å². The molecule has 0 bridgehead atoms. The molecule has 2 aliphatic rings. The quantitative estimate of drug-likeness (QED) is 0.545. The molecule has 1 spiro atoms. The van der Waals surface area contributed by atoms with Crippen LogP contribution in [0.4, 0.5) is 0 Å². The van der Waals surface area contributed by atoms with Gasteiger partial charge in [-0.1, -0.05) is 0 Å². The van der Waals surface area contributed by atoms with Gasteiger partial charge in [-0.15, -0.1) is 0 Å². The second kappa shape index (κ2) is 2.21. The number of hydrogen-bond acceptors (Lipinski definition) is 2. The summed E-state index contributed by atoms with van der Waals surface area (Å²) >= 11 is 0. The molecule has 2 fully saturated rings. The predicted molar refractivity (Wildman–Crippen MR) is 37.7 cm³/mol. The highest BCUT2D eigenvalue weighted by atomic mass is 16.5. The first-order chi connectivity index (χ1) is 4.81. The lowest BCUT2D eigenvalue weighted by Gasteiger charge is -2.11. The minimum Gasteiger partial charge on any atom is -0.391 e. The Labute approximate surface area is 61.2 Å². The fourth-order valence-corrected chi connectivity index (χ4v) is 1.80. The number of aliphatic hydroxyl groups is 1. The van der Waals surface area contributed by atoms with Gasteiger partial charge in [0, 0.05) is 6.61 Å². The average Bonchev–Trinajstić information content (AvgIpc) is 2.64. The Kier molecular flexibility index (Phi) is 1.46. The summed E-state index contributed by atoms with van der Waals surface area (Å²) in [4.78, 5) is 0. The predicted octanol–water partition coefficient (Wildman–Crippen LogP) is 0.938. The van der Waals surface area contributed by atoms with Crippen LogP contribution in [-0.4, -0.2) is 24.4 Å². The van der Waals surface area contributed by atoms with Gasteiger partial charge in [0.15, 0.2) is 0 Å². The molecule has 10 heavy (non-hydrogen) atoms. The van der Waals surface area contributed by atoms with E-state index in [1.165, 1.54) is 19.3 Å². The molecule has 0 amide bonds. The van der Waals surface area contributed by atoms with Gasteiger partial charge in [0.05, 0.1) is 12.7 Å². The highest BCUT2D eigenvalue weighted by Gasteiger charge is 2.44. The van der Waals surface area contributed by atoms with E-state index in [1.54, 1.807) is 0 Å². The van der Waals surface area contributed by atoms with E-state index < -0.39 is 0 Å². The third kappa shape index (κ3) is 1.18. The van der Waals surface area contributed by atoms with E-state index >= 15 is 0 Å². The van der Waals surface area contributed by atoms with Crippen molar-refractivity contribution >= 4 is 0 Å². The van der Waals surface area contributed by atoms with E-state index in [0.29, 0.717) is 12.0 Å². The Morgan fingerprint density at radius 3 is 2.80 bits per heavy atom. The molecular formula is C8H14O2. The third-order valence-corrected chi connectivity index (χ3v) is 2.71. The average molecular weight is 142 g/mol. The second-order valence-electron chi connectivity index (χ2n) is 3.68. The highest BCUT2D eigenvalue weighted by Crippen LogP contribution is 2.53. The van der Waals surface area contributed by atoms with Crippen LogP contribution in [0.3, 0.4) is 0 Å². The van der Waals surface area contributed by atoms with Crippen molar-refractivity contribution in [3.05, 3.63) is 0 Å². The van der Waals surface area contributed by atoms with Gasteiger partial charge in [-0.2, -0.15) is 0 Å². The zero-order valence-corrected chi connectivity index (χ0v) is 6.18. The topological polar surface area (TPSA) is 29.5 Å². The lowest BCUT2D eigenvalue weighted by molar-refractivity contribution is 0.0500. The molecule has 1 atom stereocenters. The van der Waals surface area contributed by atoms with E-state index in [1.807, 2.05) is 0 Å². The van der Waals surface area contributed by atoms with Crippen molar-refractivity contribution in [3.8, 4) is 0 Å². The van der Waals surface area contributed by atoms with E-state index in [0.717, 1.165) is 13.0 Å². The number of ether oxygens (including phenoxy) is 1. The molecule has 2 nitrogen and oxygen atoms in total. The minimum atomic E-state index is -0.190. The second-order valence-corrected chi connectivity index (χ2v) is 3.68. The fraction of sp³-hybridized carbons (Fsp3) is 1.00. The van der Waals surface area contributed by atoms with Crippen LogP contribution >= 0.6 is 0 Å². The van der Waals surface area contributed by atoms with Gasteiger partial charge in [-0.25, -0.2) is 0 Å². The van der Waals surface area contributed by atoms with Crippen LogP contribution in [0.5, 0.6) is 0 Å². The van der Waals surface area contributed by atoms with Crippen LogP contribution in [0.2, 0.25) is 0 Å². The van der Waals surface area contributed by atoms with Gasteiger partial charge < -0.3 is 9.84 Å². The smallest absolute Gasteiger partial charge is 0.0779 e. The maximum Gasteiger partial charge on any atom is 0.0779 e. The van der Waals surface area contributed by atoms with E-state index in [2.05, 4.69) is 0 Å². The lowest BCUT2D eigenvalue weighted by Crippen LogP contribution is -2.15. The van der Waals surface area contributed by atoms with Gasteiger partial charge in [-0.05, 0) is 31.1 Å². The van der Waals surface area contributed by atoms with Crippen LogP contribution in [0.1, 0.15) is 25.7 Å². The van der Waals surface area contributed by atoms with Crippen LogP contribution in [0.25, 0.3) is 0 Å². The Morgan fingerprint density at radius 1 is 1.30 bits per heavy atom. The Balaban J connectivity index is 1.96. The zero-order chi connectivity index (χ0) is 7.03. The van der Waals surface area contributed by atoms with Gasteiger partial charge in [0.2, 0.25) is 0 Å². The molecule has 0 aromatic carbocycles. The number of aliphatic hydroxyl groups excluding tert-OH is 1. The Hall–Kier alpha value is -0.0800. The van der Waals surface area contributed by atoms with Gasteiger partial charge in [0.25, 0.3) is 0 Å². The summed E-state index contributed by atoms with van der Waals surface area (Å²) in [5.41, 5.74) is 0.510. The lowest BCUT2D eigenvalue weighted by atomic mass is 9.96. The first kappa shape index (κ1) is 6.62. The number of rotatable bonds is 0. The molecule has 1 unspecified atom stereocenters. The first-order valence-corrected chi connectivity index (χ1v) is 4.07. The van der Waals surface area contributed by atoms with Crippen molar-refractivity contribution in [2.45, 2.75) is 31.8 Å². The molecule has 0 aromatic heterocycles. The molecule has 1 saturated heterocycles. The summed E-state index contributed by atoms with van der Waals surface area (Å²) in [6, 6.07) is 0. The molecule has 58 valence electrons. The molecule has 0 radical (unpaired) electrons. The summed E-state index contributed by atoms with van der Waals surface area (Å²) in [7, 11) is 0. The molecule has 2 rings (SSSR count). The van der Waals surface area contributed by atoms with Crippen LogP contribution in [0.15, 0.2) is 0 Å². The molecule has 1 aliphatic heterocycles. The zero-order valence-electron chi connectivity index (χ0n) is 6.18. The Bertz CT molecular complexity index is 129.